The van der Waals surface area contributed by atoms with Crippen molar-refractivity contribution in [2.45, 2.75) is 32.9 Å². The van der Waals surface area contributed by atoms with E-state index in [9.17, 15) is 14.4 Å². The standard InChI is InChI=1S/C21H27N3O5/c1-14-11-17(15(2)24(14)9-10-28-3)19(25)13-29-20(26)18(23-21(22)27)12-16-7-5-4-6-8-16/h4-8,11,18H,9-10,12-13H2,1-3H3,(H3,22,23,27)/t18-/m0/s1. The van der Waals surface area contributed by atoms with Crippen molar-refractivity contribution in [3.63, 3.8) is 0 Å². The number of benzene rings is 1. The number of nitrogens with zero attached hydrogens (tertiary/aromatic N) is 1. The van der Waals surface area contributed by atoms with E-state index in [0.717, 1.165) is 17.0 Å². The number of ketones is 1. The van der Waals surface area contributed by atoms with Gasteiger partial charge in [-0.2, -0.15) is 0 Å². The third kappa shape index (κ3) is 6.18. The molecule has 1 atom stereocenters. The van der Waals surface area contributed by atoms with Gasteiger partial charge in [0.15, 0.2) is 6.61 Å². The number of carbonyl (C=O) groups excluding carboxylic acids is 3. The van der Waals surface area contributed by atoms with Gasteiger partial charge in [-0.15, -0.1) is 0 Å². The summed E-state index contributed by atoms with van der Waals surface area (Å²) in [5.41, 5.74) is 8.21. The fraction of sp³-hybridized carbons (Fsp3) is 0.381. The van der Waals surface area contributed by atoms with Crippen LogP contribution in [-0.2, 0) is 27.2 Å². The van der Waals surface area contributed by atoms with E-state index < -0.39 is 24.6 Å². The molecule has 1 aromatic heterocycles. The molecule has 0 bridgehead atoms. The van der Waals surface area contributed by atoms with Gasteiger partial charge in [-0.1, -0.05) is 30.3 Å². The lowest BCUT2D eigenvalue weighted by Crippen LogP contribution is -2.46. The Kier molecular flexibility index (Phi) is 7.97. The largest absolute Gasteiger partial charge is 0.456 e. The van der Waals surface area contributed by atoms with E-state index in [1.54, 1.807) is 13.2 Å². The maximum atomic E-state index is 12.6. The quantitative estimate of drug-likeness (QED) is 0.465. The molecular weight excluding hydrogens is 374 g/mol. The van der Waals surface area contributed by atoms with Gasteiger partial charge >= 0.3 is 12.0 Å². The smallest absolute Gasteiger partial charge is 0.329 e. The van der Waals surface area contributed by atoms with Gasteiger partial charge < -0.3 is 25.1 Å². The number of Topliss-reactive ketones (excluding diaryl/α,β-unsaturated/α-hetero) is 1. The lowest BCUT2D eigenvalue weighted by Gasteiger charge is -2.16. The second-order valence-corrected chi connectivity index (χ2v) is 6.71. The van der Waals surface area contributed by atoms with Gasteiger partial charge in [0.2, 0.25) is 5.78 Å². The van der Waals surface area contributed by atoms with Crippen molar-refractivity contribution in [3.8, 4) is 0 Å². The molecule has 29 heavy (non-hydrogen) atoms. The summed E-state index contributed by atoms with van der Waals surface area (Å²) >= 11 is 0. The first kappa shape index (κ1) is 22.2. The van der Waals surface area contributed by atoms with E-state index in [0.29, 0.717) is 18.7 Å². The van der Waals surface area contributed by atoms with E-state index in [1.165, 1.54) is 0 Å². The van der Waals surface area contributed by atoms with E-state index in [2.05, 4.69) is 5.32 Å². The highest BCUT2D eigenvalue weighted by molar-refractivity contribution is 5.99. The summed E-state index contributed by atoms with van der Waals surface area (Å²) in [6.45, 7) is 4.48. The molecule has 8 heteroatoms. The number of methoxy groups -OCH3 is 1. The van der Waals surface area contributed by atoms with Crippen molar-refractivity contribution in [1.82, 2.24) is 9.88 Å². The Morgan fingerprint density at radius 3 is 2.48 bits per heavy atom. The van der Waals surface area contributed by atoms with Crippen LogP contribution in [0.25, 0.3) is 0 Å². The Balaban J connectivity index is 2.03. The maximum absolute atomic E-state index is 12.6. The van der Waals surface area contributed by atoms with Crippen LogP contribution in [0.1, 0.15) is 27.3 Å². The molecule has 2 aromatic rings. The molecule has 0 aliphatic rings. The van der Waals surface area contributed by atoms with Crippen molar-refractivity contribution in [2.75, 3.05) is 20.3 Å². The van der Waals surface area contributed by atoms with Gasteiger partial charge in [-0.05, 0) is 25.5 Å². The topological polar surface area (TPSA) is 113 Å². The molecule has 2 rings (SSSR count). The number of ether oxygens (including phenoxy) is 2. The van der Waals surface area contributed by atoms with Crippen molar-refractivity contribution in [3.05, 3.63) is 58.9 Å². The predicted molar refractivity (Wildman–Crippen MR) is 108 cm³/mol. The van der Waals surface area contributed by atoms with Crippen molar-refractivity contribution >= 4 is 17.8 Å². The number of hydrogen-bond donors (Lipinski definition) is 2. The zero-order valence-electron chi connectivity index (χ0n) is 16.9. The lowest BCUT2D eigenvalue weighted by molar-refractivity contribution is -0.144. The summed E-state index contributed by atoms with van der Waals surface area (Å²) in [5.74, 6) is -1.03. The van der Waals surface area contributed by atoms with Gasteiger partial charge in [0, 0.05) is 37.0 Å². The number of urea groups is 1. The zero-order valence-corrected chi connectivity index (χ0v) is 16.9. The first-order valence-corrected chi connectivity index (χ1v) is 9.28. The molecule has 156 valence electrons. The zero-order chi connectivity index (χ0) is 21.4. The van der Waals surface area contributed by atoms with Crippen LogP contribution < -0.4 is 11.1 Å². The van der Waals surface area contributed by atoms with Gasteiger partial charge in [0.05, 0.1) is 6.61 Å². The van der Waals surface area contributed by atoms with Crippen molar-refractivity contribution in [2.24, 2.45) is 5.73 Å². The number of carbonyl (C=O) groups is 3. The highest BCUT2D eigenvalue weighted by Crippen LogP contribution is 2.16. The monoisotopic (exact) mass is 401 g/mol. The van der Waals surface area contributed by atoms with Crippen LogP contribution in [0.5, 0.6) is 0 Å². The molecule has 0 spiro atoms. The first-order chi connectivity index (χ1) is 13.8. The molecule has 0 saturated carbocycles. The van der Waals surface area contributed by atoms with Crippen LogP contribution in [0.15, 0.2) is 36.4 Å². The van der Waals surface area contributed by atoms with Gasteiger partial charge in [0.1, 0.15) is 6.04 Å². The average molecular weight is 401 g/mol. The second kappa shape index (κ2) is 10.4. The number of nitrogens with two attached hydrogens (primary N) is 1. The summed E-state index contributed by atoms with van der Waals surface area (Å²) in [7, 11) is 1.62. The number of esters is 1. The molecular formula is C21H27N3O5. The number of aromatic nitrogens is 1. The van der Waals surface area contributed by atoms with Gasteiger partial charge in [-0.25, -0.2) is 9.59 Å². The fourth-order valence-corrected chi connectivity index (χ4v) is 3.14. The van der Waals surface area contributed by atoms with Gasteiger partial charge in [-0.3, -0.25) is 4.79 Å². The number of amides is 2. The molecule has 8 nitrogen and oxygen atoms in total. The normalized spacial score (nSPS) is 11.7. The third-order valence-corrected chi connectivity index (χ3v) is 4.62. The summed E-state index contributed by atoms with van der Waals surface area (Å²) in [6, 6.07) is 9.10. The number of aryl methyl sites for hydroxylation is 1. The van der Waals surface area contributed by atoms with Crippen LogP contribution in [0.2, 0.25) is 0 Å². The third-order valence-electron chi connectivity index (χ3n) is 4.62. The molecule has 0 saturated heterocycles. The van der Waals surface area contributed by atoms with Crippen LogP contribution in [0.4, 0.5) is 4.79 Å². The summed E-state index contributed by atoms with van der Waals surface area (Å²) < 4.78 is 12.3. The minimum Gasteiger partial charge on any atom is -0.456 e. The molecule has 1 aromatic carbocycles. The molecule has 0 fully saturated rings. The molecule has 0 aliphatic carbocycles. The number of hydrogen-bond acceptors (Lipinski definition) is 5. The minimum absolute atomic E-state index is 0.211. The lowest BCUT2D eigenvalue weighted by atomic mass is 10.1. The Morgan fingerprint density at radius 1 is 1.17 bits per heavy atom. The Morgan fingerprint density at radius 2 is 1.86 bits per heavy atom. The summed E-state index contributed by atoms with van der Waals surface area (Å²) in [4.78, 5) is 36.3. The Bertz CT molecular complexity index is 861. The highest BCUT2D eigenvalue weighted by Gasteiger charge is 2.24. The molecule has 2 amide bonds. The van der Waals surface area contributed by atoms with Crippen LogP contribution in [-0.4, -0.2) is 48.7 Å². The van der Waals surface area contributed by atoms with E-state index in [4.69, 9.17) is 15.2 Å². The highest BCUT2D eigenvalue weighted by atomic mass is 16.5. The van der Waals surface area contributed by atoms with E-state index in [1.807, 2.05) is 48.7 Å². The van der Waals surface area contributed by atoms with Crippen LogP contribution in [0.3, 0.4) is 0 Å². The second-order valence-electron chi connectivity index (χ2n) is 6.71. The average Bonchev–Trinajstić information content (AvgIpc) is 2.98. The van der Waals surface area contributed by atoms with Crippen LogP contribution >= 0.6 is 0 Å². The first-order valence-electron chi connectivity index (χ1n) is 9.28. The molecule has 1 heterocycles. The van der Waals surface area contributed by atoms with Crippen molar-refractivity contribution < 1.29 is 23.9 Å². The number of rotatable bonds is 10. The Labute approximate surface area is 170 Å². The SMILES string of the molecule is COCCn1c(C)cc(C(=O)COC(=O)[C@H](Cc2ccccc2)NC(N)=O)c1C. The fourth-order valence-electron chi connectivity index (χ4n) is 3.14. The molecule has 0 radical (unpaired) electrons. The molecule has 0 aliphatic heterocycles. The van der Waals surface area contributed by atoms with Gasteiger partial charge in [0.25, 0.3) is 0 Å². The van der Waals surface area contributed by atoms with Crippen molar-refractivity contribution in [1.29, 1.82) is 0 Å². The minimum atomic E-state index is -0.975. The predicted octanol–water partition coefficient (Wildman–Crippen LogP) is 1.76. The number of nitrogens with one attached hydrogen (secondary N) is 1. The maximum Gasteiger partial charge on any atom is 0.329 e. The molecule has 3 N–H and O–H groups in total. The van der Waals surface area contributed by atoms with Crippen LogP contribution in [0, 0.1) is 13.8 Å². The van der Waals surface area contributed by atoms with E-state index in [-0.39, 0.29) is 12.2 Å². The summed E-state index contributed by atoms with van der Waals surface area (Å²) in [5, 5.41) is 2.37. The van der Waals surface area contributed by atoms with E-state index >= 15 is 0 Å². The number of primary amides is 1. The molecule has 0 unspecified atom stereocenters. The Hall–Kier alpha value is -3.13. The summed E-state index contributed by atoms with van der Waals surface area (Å²) in [6.07, 6.45) is 0.211.